The molecule has 1 saturated heterocycles. The van der Waals surface area contributed by atoms with E-state index >= 15 is 0 Å². The molecular formula is C26H24F3N3O5. The molecule has 1 aliphatic rings. The van der Waals surface area contributed by atoms with E-state index in [2.05, 4.69) is 15.0 Å². The fraction of sp³-hybridized carbons (Fsp3) is 0.269. The van der Waals surface area contributed by atoms with Crippen molar-refractivity contribution in [3.63, 3.8) is 0 Å². The van der Waals surface area contributed by atoms with Crippen LogP contribution in [0, 0.1) is 0 Å². The lowest BCUT2D eigenvalue weighted by Gasteiger charge is -2.15. The van der Waals surface area contributed by atoms with Crippen LogP contribution >= 0.6 is 0 Å². The maximum absolute atomic E-state index is 10.6. The van der Waals surface area contributed by atoms with E-state index in [0.717, 1.165) is 47.6 Å². The minimum absolute atomic E-state index is 0.143. The molecule has 3 heterocycles. The molecule has 4 aromatic rings. The van der Waals surface area contributed by atoms with Crippen molar-refractivity contribution >= 4 is 17.1 Å². The van der Waals surface area contributed by atoms with Crippen LogP contribution in [-0.2, 0) is 16.1 Å². The third-order valence-electron chi connectivity index (χ3n) is 5.40. The molecule has 0 bridgehead atoms. The first-order valence-corrected chi connectivity index (χ1v) is 11.5. The van der Waals surface area contributed by atoms with Gasteiger partial charge in [0, 0.05) is 12.8 Å². The number of alkyl halides is 3. The molecule has 1 unspecified atom stereocenters. The zero-order valence-corrected chi connectivity index (χ0v) is 19.6. The highest BCUT2D eigenvalue weighted by molar-refractivity contribution is 5.78. The molecule has 2 N–H and O–H groups in total. The zero-order valence-electron chi connectivity index (χ0n) is 19.6. The molecule has 5 rings (SSSR count). The summed E-state index contributed by atoms with van der Waals surface area (Å²) in [5.74, 6) is -0.549. The Hall–Kier alpha value is -4.12. The number of aromatic nitrogens is 3. The van der Waals surface area contributed by atoms with Gasteiger partial charge < -0.3 is 24.3 Å². The number of nitrogens with one attached hydrogen (secondary N) is 1. The van der Waals surface area contributed by atoms with Gasteiger partial charge in [-0.3, -0.25) is 0 Å². The van der Waals surface area contributed by atoms with Crippen molar-refractivity contribution in [2.75, 3.05) is 13.2 Å². The number of ether oxygens (including phenoxy) is 3. The molecule has 1 atom stereocenters. The van der Waals surface area contributed by atoms with Gasteiger partial charge >= 0.3 is 12.1 Å². The molecule has 2 aromatic carbocycles. The molecular weight excluding hydrogens is 491 g/mol. The molecule has 11 heteroatoms. The number of carboxylic acids is 1. The minimum Gasteiger partial charge on any atom is -0.490 e. The molecule has 2 aromatic heterocycles. The van der Waals surface area contributed by atoms with Crippen molar-refractivity contribution in [2.24, 2.45) is 0 Å². The van der Waals surface area contributed by atoms with Crippen molar-refractivity contribution < 1.29 is 37.3 Å². The summed E-state index contributed by atoms with van der Waals surface area (Å²) in [6.45, 7) is 1.83. The minimum atomic E-state index is -5.08. The van der Waals surface area contributed by atoms with Gasteiger partial charge in [0.2, 0.25) is 0 Å². The summed E-state index contributed by atoms with van der Waals surface area (Å²) in [7, 11) is 0. The van der Waals surface area contributed by atoms with Gasteiger partial charge in [-0.25, -0.2) is 14.8 Å². The quantitative estimate of drug-likeness (QED) is 0.340. The van der Waals surface area contributed by atoms with Crippen molar-refractivity contribution in [3.05, 3.63) is 72.4 Å². The highest BCUT2D eigenvalue weighted by Gasteiger charge is 2.38. The predicted molar refractivity (Wildman–Crippen MR) is 128 cm³/mol. The molecule has 0 amide bonds. The van der Waals surface area contributed by atoms with E-state index in [0.29, 0.717) is 24.7 Å². The first-order chi connectivity index (χ1) is 17.8. The predicted octanol–water partition coefficient (Wildman–Crippen LogP) is 5.40. The molecule has 0 saturated carbocycles. The summed E-state index contributed by atoms with van der Waals surface area (Å²) in [6, 6.07) is 19.8. The Morgan fingerprint density at radius 3 is 2.57 bits per heavy atom. The van der Waals surface area contributed by atoms with Gasteiger partial charge in [0.05, 0.1) is 17.2 Å². The number of halogens is 3. The number of carboxylic acid groups (broad SMARTS) is 1. The highest BCUT2D eigenvalue weighted by atomic mass is 19.4. The molecule has 0 aliphatic carbocycles. The van der Waals surface area contributed by atoms with Gasteiger partial charge in [0.25, 0.3) is 0 Å². The van der Waals surface area contributed by atoms with Gasteiger partial charge in [-0.15, -0.1) is 0 Å². The first-order valence-electron chi connectivity index (χ1n) is 11.5. The van der Waals surface area contributed by atoms with Crippen molar-refractivity contribution in [3.8, 4) is 22.9 Å². The topological polar surface area (TPSA) is 107 Å². The Morgan fingerprint density at radius 1 is 1.11 bits per heavy atom. The monoisotopic (exact) mass is 515 g/mol. The summed E-state index contributed by atoms with van der Waals surface area (Å²) in [6.07, 6.45) is -1.09. The lowest BCUT2D eigenvalue weighted by molar-refractivity contribution is -0.192. The number of pyridine rings is 1. The van der Waals surface area contributed by atoms with Crippen molar-refractivity contribution in [1.82, 2.24) is 15.0 Å². The number of hydrogen-bond acceptors (Lipinski definition) is 6. The van der Waals surface area contributed by atoms with E-state index in [1.54, 1.807) is 6.20 Å². The van der Waals surface area contributed by atoms with E-state index in [1.165, 1.54) is 0 Å². The third kappa shape index (κ3) is 7.20. The molecule has 1 fully saturated rings. The number of benzene rings is 2. The average molecular weight is 515 g/mol. The highest BCUT2D eigenvalue weighted by Crippen LogP contribution is 2.33. The standard InChI is InChI=1S/C24H23N3O3.C2HF3O2/c1-2-6-17(7-3-1)15-29-18-10-11-22(30-16-19-8-5-13-28-19)20(14-18)23-26-21-9-4-12-25-24(21)27-23;3-2(4,5)1(6)7/h1-4,6-7,9-12,14,19H,5,8,13,15-16H2,(H,25,26,27);(H,6,7). The molecule has 8 nitrogen and oxygen atoms in total. The van der Waals surface area contributed by atoms with Crippen molar-refractivity contribution in [1.29, 1.82) is 0 Å². The van der Waals surface area contributed by atoms with Crippen LogP contribution in [0.5, 0.6) is 11.5 Å². The number of aromatic amines is 1. The fourth-order valence-electron chi connectivity index (χ4n) is 3.58. The van der Waals surface area contributed by atoms with E-state index in [-0.39, 0.29) is 6.10 Å². The number of carbonyl (C=O) groups is 1. The number of fused-ring (bicyclic) bond motifs is 1. The van der Waals surface area contributed by atoms with Crippen LogP contribution in [-0.4, -0.2) is 51.5 Å². The van der Waals surface area contributed by atoms with Crippen LogP contribution in [0.25, 0.3) is 22.6 Å². The second-order valence-corrected chi connectivity index (χ2v) is 8.14. The van der Waals surface area contributed by atoms with E-state index in [9.17, 15) is 13.2 Å². The molecule has 194 valence electrons. The van der Waals surface area contributed by atoms with E-state index in [4.69, 9.17) is 24.1 Å². The maximum Gasteiger partial charge on any atom is 0.490 e. The second-order valence-electron chi connectivity index (χ2n) is 8.14. The number of imidazole rings is 1. The summed E-state index contributed by atoms with van der Waals surface area (Å²) >= 11 is 0. The summed E-state index contributed by atoms with van der Waals surface area (Å²) in [4.78, 5) is 21.2. The molecule has 1 aliphatic heterocycles. The number of rotatable bonds is 7. The van der Waals surface area contributed by atoms with Gasteiger partial charge in [0.15, 0.2) is 5.65 Å². The van der Waals surface area contributed by atoms with Gasteiger partial charge in [-0.2, -0.15) is 13.2 Å². The average Bonchev–Trinajstić information content (AvgIpc) is 3.57. The number of hydrogen-bond donors (Lipinski definition) is 2. The van der Waals surface area contributed by atoms with Crippen molar-refractivity contribution in [2.45, 2.75) is 31.7 Å². The summed E-state index contributed by atoms with van der Waals surface area (Å²) in [5, 5.41) is 7.12. The largest absolute Gasteiger partial charge is 0.490 e. The van der Waals surface area contributed by atoms with Gasteiger partial charge in [-0.05, 0) is 48.7 Å². The molecule has 37 heavy (non-hydrogen) atoms. The maximum atomic E-state index is 10.6. The molecule has 0 spiro atoms. The Morgan fingerprint density at radius 2 is 1.89 bits per heavy atom. The van der Waals surface area contributed by atoms with Crippen LogP contribution in [0.3, 0.4) is 0 Å². The third-order valence-corrected chi connectivity index (χ3v) is 5.40. The van der Waals surface area contributed by atoms with E-state index < -0.39 is 12.1 Å². The number of nitrogens with zero attached hydrogens (tertiary/aromatic N) is 2. The first kappa shape index (κ1) is 26.0. The van der Waals surface area contributed by atoms with E-state index in [1.807, 2.05) is 60.7 Å². The second kappa shape index (κ2) is 11.7. The summed E-state index contributed by atoms with van der Waals surface area (Å²) < 4.78 is 49.6. The molecule has 0 radical (unpaired) electrons. The number of aliphatic carboxylic acids is 1. The van der Waals surface area contributed by atoms with Crippen LogP contribution in [0.2, 0.25) is 0 Å². The SMILES string of the molecule is O=C(O)C(F)(F)F.c1ccc(COc2ccc(OCC3CCCO3)c(-c3nc4ncccc4[nH]3)c2)cc1. The lowest BCUT2D eigenvalue weighted by atomic mass is 10.1. The zero-order chi connectivity index (χ0) is 26.3. The Balaban J connectivity index is 0.000000405. The van der Waals surface area contributed by atoms with Crippen LogP contribution in [0.15, 0.2) is 66.9 Å². The van der Waals surface area contributed by atoms with Crippen LogP contribution in [0.4, 0.5) is 13.2 Å². The Labute approximate surface area is 210 Å². The van der Waals surface area contributed by atoms with Gasteiger partial charge in [-0.1, -0.05) is 30.3 Å². The fourth-order valence-corrected chi connectivity index (χ4v) is 3.58. The Bertz CT molecular complexity index is 1290. The lowest BCUT2D eigenvalue weighted by Crippen LogP contribution is -2.21. The van der Waals surface area contributed by atoms with Gasteiger partial charge in [0.1, 0.15) is 30.5 Å². The smallest absolute Gasteiger partial charge is 0.490 e. The van der Waals surface area contributed by atoms with Crippen LogP contribution < -0.4 is 9.47 Å². The summed E-state index contributed by atoms with van der Waals surface area (Å²) in [5.41, 5.74) is 3.52. The normalized spacial score (nSPS) is 15.2. The Kier molecular flexibility index (Phi) is 8.24. The van der Waals surface area contributed by atoms with Crippen LogP contribution in [0.1, 0.15) is 18.4 Å². The number of H-pyrrole nitrogens is 1.